The number of amides is 2. The highest BCUT2D eigenvalue weighted by atomic mass is 32.2. The Hall–Kier alpha value is -4.12. The average Bonchev–Trinajstić information content (AvgIpc) is 3.00. The van der Waals surface area contributed by atoms with E-state index in [1.807, 2.05) is 13.8 Å². The molecule has 0 heterocycles. The molecule has 0 radical (unpaired) electrons. The zero-order valence-corrected chi connectivity index (χ0v) is 26.1. The first kappa shape index (κ1) is 33.4. The number of rotatable bonds is 15. The van der Waals surface area contributed by atoms with Crippen LogP contribution in [-0.4, -0.2) is 58.5 Å². The first-order valence-corrected chi connectivity index (χ1v) is 15.6. The fourth-order valence-electron chi connectivity index (χ4n) is 4.55. The van der Waals surface area contributed by atoms with E-state index in [0.717, 1.165) is 22.7 Å². The van der Waals surface area contributed by atoms with Gasteiger partial charge in [0, 0.05) is 19.2 Å². The molecule has 3 aromatic carbocycles. The van der Waals surface area contributed by atoms with Gasteiger partial charge in [0.15, 0.2) is 0 Å². The fourth-order valence-corrected chi connectivity index (χ4v) is 5.97. The number of hydrogen-bond acceptors (Lipinski definition) is 6. The van der Waals surface area contributed by atoms with Crippen LogP contribution in [0.5, 0.6) is 11.5 Å². The molecule has 3 rings (SSSR count). The number of carbonyl (C=O) groups excluding carboxylic acids is 2. The van der Waals surface area contributed by atoms with E-state index in [-0.39, 0.29) is 35.2 Å². The minimum atomic E-state index is -4.31. The SMILES string of the molecule is CCCCNC(=O)C(CC)N(Cc1ccc(F)cc1)C(=O)CN(c1cc(OC)ccc1OC)S(=O)(=O)c1ccc(C)cc1. The molecule has 0 saturated heterocycles. The second-order valence-electron chi connectivity index (χ2n) is 10.1. The molecule has 43 heavy (non-hydrogen) atoms. The van der Waals surface area contributed by atoms with Crippen LogP contribution in [0.4, 0.5) is 10.1 Å². The van der Waals surface area contributed by atoms with Crippen molar-refractivity contribution in [1.29, 1.82) is 0 Å². The summed E-state index contributed by atoms with van der Waals surface area (Å²) in [6, 6.07) is 15.7. The van der Waals surface area contributed by atoms with E-state index in [4.69, 9.17) is 9.47 Å². The predicted molar refractivity (Wildman–Crippen MR) is 164 cm³/mol. The highest BCUT2D eigenvalue weighted by molar-refractivity contribution is 7.92. The molecule has 232 valence electrons. The lowest BCUT2D eigenvalue weighted by Crippen LogP contribution is -2.52. The molecule has 0 aliphatic carbocycles. The number of nitrogens with zero attached hydrogens (tertiary/aromatic N) is 2. The molecule has 2 amide bonds. The minimum absolute atomic E-state index is 0.0230. The summed E-state index contributed by atoms with van der Waals surface area (Å²) in [6.45, 7) is 5.39. The van der Waals surface area contributed by atoms with Crippen LogP contribution in [0, 0.1) is 12.7 Å². The van der Waals surface area contributed by atoms with Gasteiger partial charge >= 0.3 is 0 Å². The molecular weight excluding hydrogens is 573 g/mol. The monoisotopic (exact) mass is 613 g/mol. The fraction of sp³-hybridized carbons (Fsp3) is 0.375. The Morgan fingerprint density at radius 1 is 0.953 bits per heavy atom. The largest absolute Gasteiger partial charge is 0.497 e. The van der Waals surface area contributed by atoms with E-state index >= 15 is 0 Å². The van der Waals surface area contributed by atoms with Gasteiger partial charge in [0.05, 0.1) is 24.8 Å². The number of sulfonamides is 1. The number of carbonyl (C=O) groups is 2. The summed E-state index contributed by atoms with van der Waals surface area (Å²) in [6.07, 6.45) is 1.92. The number of unbranched alkanes of at least 4 members (excludes halogenated alkanes) is 1. The van der Waals surface area contributed by atoms with Crippen LogP contribution in [0.1, 0.15) is 44.2 Å². The highest BCUT2D eigenvalue weighted by Gasteiger charge is 2.35. The van der Waals surface area contributed by atoms with Crippen LogP contribution in [0.3, 0.4) is 0 Å². The van der Waals surface area contributed by atoms with E-state index in [2.05, 4.69) is 5.32 Å². The number of methoxy groups -OCH3 is 2. The quantitative estimate of drug-likeness (QED) is 0.240. The molecule has 0 aliphatic heterocycles. The van der Waals surface area contributed by atoms with Crippen molar-refractivity contribution in [2.45, 2.75) is 57.5 Å². The molecule has 3 aromatic rings. The lowest BCUT2D eigenvalue weighted by molar-refractivity contribution is -0.140. The van der Waals surface area contributed by atoms with Gasteiger partial charge in [0.1, 0.15) is 29.9 Å². The van der Waals surface area contributed by atoms with Crippen LogP contribution in [0.25, 0.3) is 0 Å². The standard InChI is InChI=1S/C32H40FN3O6S/c1-6-8-19-34-32(38)28(7-2)35(21-24-11-13-25(33)14-12-24)31(37)22-36(29-20-26(41-4)15-18-30(29)42-5)43(39,40)27-16-9-23(3)10-17-27/h9-18,20,28H,6-8,19,21-22H2,1-5H3,(H,34,38). The molecule has 1 N–H and O–H groups in total. The first-order chi connectivity index (χ1) is 20.5. The first-order valence-electron chi connectivity index (χ1n) is 14.2. The molecule has 0 fully saturated rings. The van der Waals surface area contributed by atoms with E-state index in [1.165, 1.54) is 61.6 Å². The van der Waals surface area contributed by atoms with Gasteiger partial charge in [-0.1, -0.05) is 50.1 Å². The number of aryl methyl sites for hydroxylation is 1. The van der Waals surface area contributed by atoms with Gasteiger partial charge in [-0.25, -0.2) is 12.8 Å². The molecule has 0 aliphatic rings. The Balaban J connectivity index is 2.12. The third kappa shape index (κ3) is 8.47. The summed E-state index contributed by atoms with van der Waals surface area (Å²) in [7, 11) is -1.46. The van der Waals surface area contributed by atoms with Crippen molar-refractivity contribution in [2.75, 3.05) is 31.6 Å². The van der Waals surface area contributed by atoms with Crippen molar-refractivity contribution >= 4 is 27.5 Å². The minimum Gasteiger partial charge on any atom is -0.497 e. The second kappa shape index (κ2) is 15.4. The summed E-state index contributed by atoms with van der Waals surface area (Å²) < 4.78 is 53.8. The Labute approximate surface area is 253 Å². The summed E-state index contributed by atoms with van der Waals surface area (Å²) in [5.41, 5.74) is 1.55. The molecule has 0 spiro atoms. The molecule has 9 nitrogen and oxygen atoms in total. The van der Waals surface area contributed by atoms with Crippen LogP contribution in [0.15, 0.2) is 71.6 Å². The molecule has 1 unspecified atom stereocenters. The molecule has 11 heteroatoms. The van der Waals surface area contributed by atoms with E-state index in [0.29, 0.717) is 17.9 Å². The Kier molecular flexibility index (Phi) is 11.9. The van der Waals surface area contributed by atoms with Crippen molar-refractivity contribution in [3.63, 3.8) is 0 Å². The van der Waals surface area contributed by atoms with Gasteiger partial charge in [-0.05, 0) is 61.7 Å². The third-order valence-electron chi connectivity index (χ3n) is 7.02. The molecular formula is C32H40FN3O6S. The normalized spacial score (nSPS) is 11.9. The number of nitrogens with one attached hydrogen (secondary N) is 1. The zero-order chi connectivity index (χ0) is 31.6. The topological polar surface area (TPSA) is 105 Å². The number of ether oxygens (including phenoxy) is 2. The van der Waals surface area contributed by atoms with Gasteiger partial charge in [0.2, 0.25) is 11.8 Å². The van der Waals surface area contributed by atoms with E-state index in [1.54, 1.807) is 31.2 Å². The summed E-state index contributed by atoms with van der Waals surface area (Å²) in [5.74, 6) is -0.844. The van der Waals surface area contributed by atoms with Crippen molar-refractivity contribution in [2.24, 2.45) is 0 Å². The molecule has 0 aromatic heterocycles. The number of anilines is 1. The van der Waals surface area contributed by atoms with Crippen molar-refractivity contribution in [1.82, 2.24) is 10.2 Å². The van der Waals surface area contributed by atoms with Gasteiger partial charge in [-0.15, -0.1) is 0 Å². The Morgan fingerprint density at radius 3 is 2.21 bits per heavy atom. The number of hydrogen-bond donors (Lipinski definition) is 1. The molecule has 1 atom stereocenters. The maximum Gasteiger partial charge on any atom is 0.264 e. The maximum atomic E-state index is 14.2. The Morgan fingerprint density at radius 2 is 1.63 bits per heavy atom. The maximum absolute atomic E-state index is 14.2. The van der Waals surface area contributed by atoms with Crippen LogP contribution >= 0.6 is 0 Å². The molecule has 0 saturated carbocycles. The number of halogens is 1. The van der Waals surface area contributed by atoms with Gasteiger partial charge in [-0.2, -0.15) is 0 Å². The van der Waals surface area contributed by atoms with E-state index < -0.39 is 34.3 Å². The number of benzene rings is 3. The lowest BCUT2D eigenvalue weighted by atomic mass is 10.1. The van der Waals surface area contributed by atoms with Gasteiger partial charge in [0.25, 0.3) is 10.0 Å². The van der Waals surface area contributed by atoms with Crippen LogP contribution in [-0.2, 0) is 26.2 Å². The zero-order valence-electron chi connectivity index (χ0n) is 25.3. The summed E-state index contributed by atoms with van der Waals surface area (Å²) in [4.78, 5) is 28.8. The average molecular weight is 614 g/mol. The van der Waals surface area contributed by atoms with Crippen LogP contribution < -0.4 is 19.1 Å². The predicted octanol–water partition coefficient (Wildman–Crippen LogP) is 5.07. The summed E-state index contributed by atoms with van der Waals surface area (Å²) >= 11 is 0. The second-order valence-corrected chi connectivity index (χ2v) is 11.9. The summed E-state index contributed by atoms with van der Waals surface area (Å²) in [5, 5.41) is 2.88. The van der Waals surface area contributed by atoms with Crippen molar-refractivity contribution < 1.29 is 31.9 Å². The van der Waals surface area contributed by atoms with Crippen molar-refractivity contribution in [3.05, 3.63) is 83.7 Å². The van der Waals surface area contributed by atoms with Gasteiger partial charge in [-0.3, -0.25) is 13.9 Å². The third-order valence-corrected chi connectivity index (χ3v) is 8.80. The molecule has 0 bridgehead atoms. The van der Waals surface area contributed by atoms with Crippen molar-refractivity contribution in [3.8, 4) is 11.5 Å². The highest BCUT2D eigenvalue weighted by Crippen LogP contribution is 2.36. The lowest BCUT2D eigenvalue weighted by Gasteiger charge is -2.33. The van der Waals surface area contributed by atoms with Gasteiger partial charge < -0.3 is 19.7 Å². The smallest absolute Gasteiger partial charge is 0.264 e. The van der Waals surface area contributed by atoms with Crippen LogP contribution in [0.2, 0.25) is 0 Å². The Bertz CT molecular complexity index is 1480. The van der Waals surface area contributed by atoms with E-state index in [9.17, 15) is 22.4 Å².